The zero-order chi connectivity index (χ0) is 18.1. The number of anilines is 1. The van der Waals surface area contributed by atoms with Gasteiger partial charge in [0.05, 0.1) is 5.69 Å². The van der Waals surface area contributed by atoms with Crippen molar-refractivity contribution in [1.82, 2.24) is 19.7 Å². The molecule has 0 aliphatic carbocycles. The van der Waals surface area contributed by atoms with Gasteiger partial charge < -0.3 is 10.2 Å². The van der Waals surface area contributed by atoms with Crippen LogP contribution < -0.4 is 5.32 Å². The van der Waals surface area contributed by atoms with Gasteiger partial charge in [-0.15, -0.1) is 0 Å². The number of fused-ring (bicyclic) bond motifs is 1. The predicted molar refractivity (Wildman–Crippen MR) is 103 cm³/mol. The third kappa shape index (κ3) is 3.46. The third-order valence-electron chi connectivity index (χ3n) is 5.07. The van der Waals surface area contributed by atoms with Crippen molar-refractivity contribution in [3.63, 3.8) is 0 Å². The Balaban J connectivity index is 1.55. The summed E-state index contributed by atoms with van der Waals surface area (Å²) < 4.78 is 1.79. The molecule has 6 heteroatoms. The van der Waals surface area contributed by atoms with E-state index in [2.05, 4.69) is 33.4 Å². The number of hydrogen-bond donors (Lipinski definition) is 1. The van der Waals surface area contributed by atoms with Gasteiger partial charge in [-0.2, -0.15) is 5.10 Å². The Bertz CT molecular complexity index is 940. The van der Waals surface area contributed by atoms with Crippen LogP contribution in [0.3, 0.4) is 0 Å². The minimum Gasteiger partial charge on any atom is -0.310 e. The number of benzene rings is 1. The van der Waals surface area contributed by atoms with E-state index in [-0.39, 0.29) is 11.8 Å². The molecule has 6 nitrogen and oxygen atoms in total. The molecule has 1 aliphatic heterocycles. The van der Waals surface area contributed by atoms with E-state index in [1.54, 1.807) is 4.68 Å². The summed E-state index contributed by atoms with van der Waals surface area (Å²) >= 11 is 0. The molecule has 3 heterocycles. The molecule has 1 fully saturated rings. The number of rotatable bonds is 3. The van der Waals surface area contributed by atoms with Gasteiger partial charge in [0.15, 0.2) is 0 Å². The molecule has 1 aliphatic rings. The van der Waals surface area contributed by atoms with E-state index in [4.69, 9.17) is 0 Å². The van der Waals surface area contributed by atoms with Crippen molar-refractivity contribution in [3.8, 4) is 11.3 Å². The van der Waals surface area contributed by atoms with Crippen LogP contribution in [0.4, 0.5) is 5.82 Å². The Morgan fingerprint density at radius 3 is 2.65 bits per heavy atom. The van der Waals surface area contributed by atoms with Gasteiger partial charge in [-0.3, -0.25) is 9.48 Å². The lowest BCUT2D eigenvalue weighted by Gasteiger charge is -2.27. The van der Waals surface area contributed by atoms with Crippen LogP contribution >= 0.6 is 0 Å². The molecule has 0 bridgehead atoms. The maximum absolute atomic E-state index is 12.5. The standard InChI is InChI=1S/C20H23N5O/c1-24-8-5-14(6-9-24)20(26)22-19-12-17-11-15(3-4-16(17)13-21-19)18-7-10-25(2)23-18/h3-4,7,10-14H,5-6,8-9H2,1-2H3,(H,21,22,26). The van der Waals surface area contributed by atoms with Gasteiger partial charge >= 0.3 is 0 Å². The van der Waals surface area contributed by atoms with E-state index in [0.717, 1.165) is 48.0 Å². The molecular weight excluding hydrogens is 326 g/mol. The average molecular weight is 349 g/mol. The number of carbonyl (C=O) groups is 1. The van der Waals surface area contributed by atoms with Crippen LogP contribution in [-0.4, -0.2) is 45.7 Å². The fraction of sp³-hybridized carbons (Fsp3) is 0.350. The molecule has 0 spiro atoms. The molecule has 1 saturated heterocycles. The van der Waals surface area contributed by atoms with E-state index in [1.165, 1.54) is 0 Å². The van der Waals surface area contributed by atoms with Crippen LogP contribution in [0.1, 0.15) is 12.8 Å². The highest BCUT2D eigenvalue weighted by atomic mass is 16.1. The summed E-state index contributed by atoms with van der Waals surface area (Å²) in [6.45, 7) is 1.94. The van der Waals surface area contributed by atoms with Crippen molar-refractivity contribution in [2.24, 2.45) is 13.0 Å². The molecule has 0 saturated carbocycles. The van der Waals surface area contributed by atoms with Crippen LogP contribution in [0.15, 0.2) is 42.7 Å². The molecule has 3 aromatic rings. The van der Waals surface area contributed by atoms with Gasteiger partial charge in [0, 0.05) is 36.3 Å². The van der Waals surface area contributed by atoms with Gasteiger partial charge in [0.2, 0.25) is 5.91 Å². The molecule has 134 valence electrons. The third-order valence-corrected chi connectivity index (χ3v) is 5.07. The Labute approximate surface area is 152 Å². The SMILES string of the molecule is CN1CCC(C(=O)Nc2cc3cc(-c4ccn(C)n4)ccc3cn2)CC1. The van der Waals surface area contributed by atoms with Gasteiger partial charge in [-0.1, -0.05) is 12.1 Å². The monoisotopic (exact) mass is 349 g/mol. The zero-order valence-corrected chi connectivity index (χ0v) is 15.1. The fourth-order valence-corrected chi connectivity index (χ4v) is 3.44. The number of aryl methyl sites for hydroxylation is 1. The highest BCUT2D eigenvalue weighted by molar-refractivity contribution is 5.95. The van der Waals surface area contributed by atoms with Gasteiger partial charge in [0.25, 0.3) is 0 Å². The first-order valence-electron chi connectivity index (χ1n) is 8.98. The number of carbonyl (C=O) groups excluding carboxylic acids is 1. The van der Waals surface area contributed by atoms with Crippen molar-refractivity contribution >= 4 is 22.5 Å². The molecule has 1 amide bonds. The Kier molecular flexibility index (Phi) is 4.42. The highest BCUT2D eigenvalue weighted by Crippen LogP contribution is 2.25. The number of piperidine rings is 1. The molecular formula is C20H23N5O. The molecule has 1 N–H and O–H groups in total. The number of amides is 1. The highest BCUT2D eigenvalue weighted by Gasteiger charge is 2.23. The largest absolute Gasteiger partial charge is 0.310 e. The molecule has 2 aromatic heterocycles. The minimum atomic E-state index is 0.0727. The summed E-state index contributed by atoms with van der Waals surface area (Å²) in [7, 11) is 4.00. The summed E-state index contributed by atoms with van der Waals surface area (Å²) in [5, 5.41) is 9.53. The Morgan fingerprint density at radius 1 is 1.12 bits per heavy atom. The number of hydrogen-bond acceptors (Lipinski definition) is 4. The average Bonchev–Trinajstić information content (AvgIpc) is 3.08. The lowest BCUT2D eigenvalue weighted by Crippen LogP contribution is -2.36. The van der Waals surface area contributed by atoms with E-state index in [1.807, 2.05) is 43.7 Å². The van der Waals surface area contributed by atoms with Crippen LogP contribution in [0, 0.1) is 5.92 Å². The molecule has 26 heavy (non-hydrogen) atoms. The first-order valence-corrected chi connectivity index (χ1v) is 8.98. The summed E-state index contributed by atoms with van der Waals surface area (Å²) in [5.74, 6) is 0.758. The summed E-state index contributed by atoms with van der Waals surface area (Å²) in [5.41, 5.74) is 1.99. The van der Waals surface area contributed by atoms with Gasteiger partial charge in [0.1, 0.15) is 5.82 Å². The smallest absolute Gasteiger partial charge is 0.228 e. The van der Waals surface area contributed by atoms with Crippen molar-refractivity contribution < 1.29 is 4.79 Å². The number of nitrogens with one attached hydrogen (secondary N) is 1. The zero-order valence-electron chi connectivity index (χ0n) is 15.1. The molecule has 4 rings (SSSR count). The molecule has 0 radical (unpaired) electrons. The molecule has 1 aromatic carbocycles. The number of likely N-dealkylation sites (tertiary alicyclic amines) is 1. The van der Waals surface area contributed by atoms with Gasteiger partial charge in [-0.05, 0) is 56.6 Å². The van der Waals surface area contributed by atoms with Crippen LogP contribution in [0.25, 0.3) is 22.0 Å². The maximum atomic E-state index is 12.5. The molecule has 0 unspecified atom stereocenters. The number of aromatic nitrogens is 3. The number of pyridine rings is 1. The lowest BCUT2D eigenvalue weighted by atomic mass is 9.96. The van der Waals surface area contributed by atoms with Crippen molar-refractivity contribution in [1.29, 1.82) is 0 Å². The minimum absolute atomic E-state index is 0.0727. The second-order valence-corrected chi connectivity index (χ2v) is 7.07. The maximum Gasteiger partial charge on any atom is 0.228 e. The van der Waals surface area contributed by atoms with Crippen LogP contribution in [0.5, 0.6) is 0 Å². The normalized spacial score (nSPS) is 16.1. The van der Waals surface area contributed by atoms with Crippen molar-refractivity contribution in [2.45, 2.75) is 12.8 Å². The topological polar surface area (TPSA) is 63.1 Å². The van der Waals surface area contributed by atoms with E-state index in [0.29, 0.717) is 5.82 Å². The summed E-state index contributed by atoms with van der Waals surface area (Å²) in [6.07, 6.45) is 5.54. The fourth-order valence-electron chi connectivity index (χ4n) is 3.44. The van der Waals surface area contributed by atoms with Gasteiger partial charge in [-0.25, -0.2) is 4.98 Å². The Hall–Kier alpha value is -2.73. The number of nitrogens with zero attached hydrogens (tertiary/aromatic N) is 4. The van der Waals surface area contributed by atoms with Crippen LogP contribution in [0.2, 0.25) is 0 Å². The second-order valence-electron chi connectivity index (χ2n) is 7.07. The van der Waals surface area contributed by atoms with Crippen LogP contribution in [-0.2, 0) is 11.8 Å². The second kappa shape index (κ2) is 6.88. The quantitative estimate of drug-likeness (QED) is 0.790. The Morgan fingerprint density at radius 2 is 1.92 bits per heavy atom. The predicted octanol–water partition coefficient (Wildman–Crippen LogP) is 2.92. The summed E-state index contributed by atoms with van der Waals surface area (Å²) in [6, 6.07) is 10.1. The van der Waals surface area contributed by atoms with E-state index in [9.17, 15) is 4.79 Å². The lowest BCUT2D eigenvalue weighted by molar-refractivity contribution is -0.121. The van der Waals surface area contributed by atoms with Crippen molar-refractivity contribution in [2.75, 3.05) is 25.5 Å². The van der Waals surface area contributed by atoms with E-state index >= 15 is 0 Å². The van der Waals surface area contributed by atoms with E-state index < -0.39 is 0 Å². The summed E-state index contributed by atoms with van der Waals surface area (Å²) in [4.78, 5) is 19.2. The first kappa shape index (κ1) is 16.7. The van der Waals surface area contributed by atoms with Crippen molar-refractivity contribution in [3.05, 3.63) is 42.7 Å². The molecule has 0 atom stereocenters. The first-order chi connectivity index (χ1) is 12.6.